The van der Waals surface area contributed by atoms with Crippen molar-refractivity contribution in [1.82, 2.24) is 4.57 Å². The van der Waals surface area contributed by atoms with Crippen LogP contribution in [0.4, 0.5) is 0 Å². The monoisotopic (exact) mass is 285 g/mol. The van der Waals surface area contributed by atoms with E-state index in [0.717, 1.165) is 17.7 Å². The second kappa shape index (κ2) is 5.76. The topological polar surface area (TPSA) is 42.2 Å². The van der Waals surface area contributed by atoms with Crippen LogP contribution in [0, 0.1) is 0 Å². The van der Waals surface area contributed by atoms with Gasteiger partial charge in [-0.05, 0) is 29.5 Å². The third-order valence-electron chi connectivity index (χ3n) is 3.66. The van der Waals surface area contributed by atoms with Crippen LogP contribution in [-0.2, 0) is 12.0 Å². The Bertz CT molecular complexity index is 647. The highest BCUT2D eigenvalue weighted by atomic mass is 16.4. The summed E-state index contributed by atoms with van der Waals surface area (Å²) in [4.78, 5) is 11.4. The molecule has 3 heteroatoms. The van der Waals surface area contributed by atoms with Gasteiger partial charge >= 0.3 is 5.97 Å². The number of hydrogen-bond donors (Lipinski definition) is 1. The Balaban J connectivity index is 2.65. The van der Waals surface area contributed by atoms with Crippen LogP contribution < -0.4 is 0 Å². The lowest BCUT2D eigenvalue weighted by molar-refractivity contribution is 0.0685. The molecule has 0 aliphatic rings. The molecule has 0 aliphatic heterocycles. The lowest BCUT2D eigenvalue weighted by Gasteiger charge is -2.23. The minimum atomic E-state index is -0.872. The predicted octanol–water partition coefficient (Wildman–Crippen LogP) is 4.56. The fourth-order valence-electron chi connectivity index (χ4n) is 2.71. The van der Waals surface area contributed by atoms with Gasteiger partial charge in [0.05, 0.1) is 0 Å². The minimum Gasteiger partial charge on any atom is -0.477 e. The molecule has 21 heavy (non-hydrogen) atoms. The molecule has 0 fully saturated rings. The fraction of sp³-hybridized carbons (Fsp3) is 0.389. The maximum atomic E-state index is 11.4. The molecule has 1 aromatic heterocycles. The van der Waals surface area contributed by atoms with Gasteiger partial charge in [0.2, 0.25) is 0 Å². The molecular weight excluding hydrogens is 262 g/mol. The van der Waals surface area contributed by atoms with Crippen LogP contribution >= 0.6 is 0 Å². The quantitative estimate of drug-likeness (QED) is 0.894. The van der Waals surface area contributed by atoms with Crippen LogP contribution in [0.25, 0.3) is 11.3 Å². The molecule has 112 valence electrons. The van der Waals surface area contributed by atoms with Gasteiger partial charge < -0.3 is 9.67 Å². The van der Waals surface area contributed by atoms with Crippen molar-refractivity contribution in [2.45, 2.75) is 46.1 Å². The summed E-state index contributed by atoms with van der Waals surface area (Å²) in [6.07, 6.45) is 0.902. The SMILES string of the molecule is CCCn1c(C(=O)O)ccc1-c1ccccc1C(C)(C)C. The zero-order chi connectivity index (χ0) is 15.6. The van der Waals surface area contributed by atoms with Gasteiger partial charge in [0.25, 0.3) is 0 Å². The van der Waals surface area contributed by atoms with Crippen molar-refractivity contribution < 1.29 is 9.90 Å². The molecule has 0 aliphatic carbocycles. The number of carbonyl (C=O) groups is 1. The van der Waals surface area contributed by atoms with E-state index in [4.69, 9.17) is 0 Å². The Morgan fingerprint density at radius 1 is 1.14 bits per heavy atom. The normalized spacial score (nSPS) is 11.6. The standard InChI is InChI=1S/C18H23NO2/c1-5-12-19-15(10-11-16(19)17(20)21)13-8-6-7-9-14(13)18(2,3)4/h6-11H,5,12H2,1-4H3,(H,20,21). The fourth-order valence-corrected chi connectivity index (χ4v) is 2.71. The van der Waals surface area contributed by atoms with Gasteiger partial charge in [-0.25, -0.2) is 4.79 Å². The average molecular weight is 285 g/mol. The van der Waals surface area contributed by atoms with E-state index in [-0.39, 0.29) is 5.41 Å². The summed E-state index contributed by atoms with van der Waals surface area (Å²) < 4.78 is 1.91. The Morgan fingerprint density at radius 2 is 1.81 bits per heavy atom. The number of hydrogen-bond acceptors (Lipinski definition) is 1. The molecule has 0 amide bonds. The summed E-state index contributed by atoms with van der Waals surface area (Å²) in [5.41, 5.74) is 3.71. The molecule has 0 bridgehead atoms. The van der Waals surface area contributed by atoms with Gasteiger partial charge in [-0.15, -0.1) is 0 Å². The minimum absolute atomic E-state index is 0.0152. The number of carboxylic acid groups (broad SMARTS) is 1. The third kappa shape index (κ3) is 3.02. The number of aromatic nitrogens is 1. The molecule has 1 aromatic carbocycles. The molecule has 1 heterocycles. The molecule has 2 rings (SSSR count). The molecule has 0 saturated heterocycles. The van der Waals surface area contributed by atoms with Gasteiger partial charge in [0.15, 0.2) is 0 Å². The van der Waals surface area contributed by atoms with E-state index in [1.54, 1.807) is 6.07 Å². The smallest absolute Gasteiger partial charge is 0.352 e. The van der Waals surface area contributed by atoms with Crippen LogP contribution in [-0.4, -0.2) is 15.6 Å². The van der Waals surface area contributed by atoms with E-state index in [1.807, 2.05) is 22.8 Å². The number of benzene rings is 1. The summed E-state index contributed by atoms with van der Waals surface area (Å²) in [6, 6.07) is 11.9. The lowest BCUT2D eigenvalue weighted by Crippen LogP contribution is -2.15. The van der Waals surface area contributed by atoms with Crippen molar-refractivity contribution in [1.29, 1.82) is 0 Å². The zero-order valence-electron chi connectivity index (χ0n) is 13.2. The Labute approximate surface area is 126 Å². The maximum Gasteiger partial charge on any atom is 0.352 e. The molecule has 0 saturated carbocycles. The molecule has 0 spiro atoms. The number of rotatable bonds is 4. The number of carboxylic acids is 1. The number of aromatic carboxylic acids is 1. The second-order valence-corrected chi connectivity index (χ2v) is 6.36. The van der Waals surface area contributed by atoms with Crippen LogP contribution in [0.3, 0.4) is 0 Å². The van der Waals surface area contributed by atoms with E-state index < -0.39 is 5.97 Å². The zero-order valence-corrected chi connectivity index (χ0v) is 13.2. The van der Waals surface area contributed by atoms with Gasteiger partial charge in [0, 0.05) is 17.8 Å². The largest absolute Gasteiger partial charge is 0.477 e. The highest BCUT2D eigenvalue weighted by Gasteiger charge is 2.21. The molecule has 1 N–H and O–H groups in total. The van der Waals surface area contributed by atoms with E-state index in [0.29, 0.717) is 12.2 Å². The summed E-state index contributed by atoms with van der Waals surface area (Å²) in [6.45, 7) is 9.30. The van der Waals surface area contributed by atoms with E-state index in [2.05, 4.69) is 39.8 Å². The third-order valence-corrected chi connectivity index (χ3v) is 3.66. The molecule has 0 radical (unpaired) electrons. The summed E-state index contributed by atoms with van der Waals surface area (Å²) in [5.74, 6) is -0.872. The average Bonchev–Trinajstić information content (AvgIpc) is 2.82. The van der Waals surface area contributed by atoms with Crippen molar-refractivity contribution in [3.05, 3.63) is 47.7 Å². The van der Waals surface area contributed by atoms with E-state index in [9.17, 15) is 9.90 Å². The van der Waals surface area contributed by atoms with E-state index >= 15 is 0 Å². The van der Waals surface area contributed by atoms with Gasteiger partial charge in [-0.1, -0.05) is 52.0 Å². The van der Waals surface area contributed by atoms with Crippen LogP contribution in [0.5, 0.6) is 0 Å². The first-order chi connectivity index (χ1) is 9.86. The second-order valence-electron chi connectivity index (χ2n) is 6.36. The van der Waals surface area contributed by atoms with E-state index in [1.165, 1.54) is 5.56 Å². The molecule has 0 unspecified atom stereocenters. The Morgan fingerprint density at radius 3 is 2.38 bits per heavy atom. The van der Waals surface area contributed by atoms with Crippen LogP contribution in [0.2, 0.25) is 0 Å². The van der Waals surface area contributed by atoms with Crippen molar-refractivity contribution in [2.24, 2.45) is 0 Å². The summed E-state index contributed by atoms with van der Waals surface area (Å²) in [7, 11) is 0. The Kier molecular flexibility index (Phi) is 4.21. The van der Waals surface area contributed by atoms with Crippen molar-refractivity contribution in [3.8, 4) is 11.3 Å². The Hall–Kier alpha value is -2.03. The van der Waals surface area contributed by atoms with Crippen LogP contribution in [0.1, 0.15) is 50.2 Å². The van der Waals surface area contributed by atoms with Gasteiger partial charge in [-0.3, -0.25) is 0 Å². The van der Waals surface area contributed by atoms with Crippen molar-refractivity contribution in [2.75, 3.05) is 0 Å². The first kappa shape index (κ1) is 15.4. The van der Waals surface area contributed by atoms with Crippen LogP contribution in [0.15, 0.2) is 36.4 Å². The lowest BCUT2D eigenvalue weighted by atomic mass is 9.83. The van der Waals surface area contributed by atoms with Gasteiger partial charge in [0.1, 0.15) is 5.69 Å². The summed E-state index contributed by atoms with van der Waals surface area (Å²) >= 11 is 0. The predicted molar refractivity (Wildman–Crippen MR) is 85.8 cm³/mol. The highest BCUT2D eigenvalue weighted by Crippen LogP contribution is 2.34. The van der Waals surface area contributed by atoms with Crippen molar-refractivity contribution >= 4 is 5.97 Å². The summed E-state index contributed by atoms with van der Waals surface area (Å²) in [5, 5.41) is 9.36. The molecule has 3 nitrogen and oxygen atoms in total. The molecule has 2 aromatic rings. The number of nitrogens with zero attached hydrogens (tertiary/aromatic N) is 1. The first-order valence-corrected chi connectivity index (χ1v) is 7.39. The first-order valence-electron chi connectivity index (χ1n) is 7.39. The van der Waals surface area contributed by atoms with Crippen molar-refractivity contribution in [3.63, 3.8) is 0 Å². The highest BCUT2D eigenvalue weighted by molar-refractivity contribution is 5.87. The maximum absolute atomic E-state index is 11.4. The molecule has 0 atom stereocenters. The van der Waals surface area contributed by atoms with Gasteiger partial charge in [-0.2, -0.15) is 0 Å². The molecular formula is C18H23NO2.